The van der Waals surface area contributed by atoms with E-state index >= 15 is 0 Å². The number of likely N-dealkylation sites (tertiary alicyclic amines) is 1. The van der Waals surface area contributed by atoms with Crippen LogP contribution in [0.1, 0.15) is 67.2 Å². The maximum atomic E-state index is 12.5. The van der Waals surface area contributed by atoms with Crippen LogP contribution in [0.5, 0.6) is 0 Å². The standard InChI is InChI=1S/C14H27N3O2.C3H8.C2H6/c1-11(2)9-12(16(4)13(18)10-15-3)14(19)17-7-5-6-8-17;1-3-2;1-2/h11-12,15H,5-10H2,1-4H3;3H2,1-2H3;1-2H3. The molecule has 5 heteroatoms. The van der Waals surface area contributed by atoms with Crippen molar-refractivity contribution in [1.29, 1.82) is 0 Å². The van der Waals surface area contributed by atoms with E-state index in [1.807, 2.05) is 18.7 Å². The molecule has 1 atom stereocenters. The van der Waals surface area contributed by atoms with Crippen molar-refractivity contribution in [3.63, 3.8) is 0 Å². The molecular weight excluding hydrogens is 302 g/mol. The number of nitrogens with one attached hydrogen (secondary N) is 1. The van der Waals surface area contributed by atoms with E-state index in [4.69, 9.17) is 0 Å². The highest BCUT2D eigenvalue weighted by atomic mass is 16.2. The van der Waals surface area contributed by atoms with Crippen LogP contribution in [0.4, 0.5) is 0 Å². The third-order valence-corrected chi connectivity index (χ3v) is 3.59. The Morgan fingerprint density at radius 2 is 1.58 bits per heavy atom. The minimum Gasteiger partial charge on any atom is -0.341 e. The van der Waals surface area contributed by atoms with E-state index in [1.54, 1.807) is 19.0 Å². The van der Waals surface area contributed by atoms with E-state index in [9.17, 15) is 9.59 Å². The zero-order valence-corrected chi connectivity index (χ0v) is 17.3. The van der Waals surface area contributed by atoms with E-state index in [2.05, 4.69) is 33.0 Å². The van der Waals surface area contributed by atoms with Crippen molar-refractivity contribution in [2.75, 3.05) is 33.7 Å². The third-order valence-electron chi connectivity index (χ3n) is 3.59. The van der Waals surface area contributed by atoms with Gasteiger partial charge >= 0.3 is 0 Å². The van der Waals surface area contributed by atoms with Crippen LogP contribution in [-0.2, 0) is 9.59 Å². The average molecular weight is 344 g/mol. The number of carbonyl (C=O) groups excluding carboxylic acids is 2. The normalized spacial score (nSPS) is 14.3. The first-order valence-corrected chi connectivity index (χ1v) is 9.57. The quantitative estimate of drug-likeness (QED) is 0.806. The van der Waals surface area contributed by atoms with Crippen molar-refractivity contribution in [1.82, 2.24) is 15.1 Å². The summed E-state index contributed by atoms with van der Waals surface area (Å²) in [6, 6.07) is -0.320. The van der Waals surface area contributed by atoms with Crippen LogP contribution in [0.2, 0.25) is 0 Å². The Balaban J connectivity index is 0. The monoisotopic (exact) mass is 343 g/mol. The van der Waals surface area contributed by atoms with Gasteiger partial charge in [0.25, 0.3) is 0 Å². The van der Waals surface area contributed by atoms with E-state index in [0.29, 0.717) is 5.92 Å². The molecule has 1 fully saturated rings. The van der Waals surface area contributed by atoms with E-state index < -0.39 is 0 Å². The summed E-state index contributed by atoms with van der Waals surface area (Å²) >= 11 is 0. The lowest BCUT2D eigenvalue weighted by Crippen LogP contribution is -2.50. The Morgan fingerprint density at radius 1 is 1.12 bits per heavy atom. The molecule has 2 amide bonds. The van der Waals surface area contributed by atoms with Crippen molar-refractivity contribution < 1.29 is 9.59 Å². The molecule has 24 heavy (non-hydrogen) atoms. The minimum atomic E-state index is -0.320. The molecule has 1 N–H and O–H groups in total. The average Bonchev–Trinajstić information content (AvgIpc) is 3.08. The number of hydrogen-bond acceptors (Lipinski definition) is 3. The highest BCUT2D eigenvalue weighted by molar-refractivity contribution is 5.88. The Morgan fingerprint density at radius 3 is 1.96 bits per heavy atom. The number of rotatable bonds is 6. The molecule has 0 radical (unpaired) electrons. The lowest BCUT2D eigenvalue weighted by atomic mass is 10.0. The SMILES string of the molecule is CC.CCC.CNCC(=O)N(C)C(CC(C)C)C(=O)N1CCCC1. The van der Waals surface area contributed by atoms with Crippen LogP contribution in [0, 0.1) is 5.92 Å². The summed E-state index contributed by atoms with van der Waals surface area (Å²) in [6.45, 7) is 14.4. The van der Waals surface area contributed by atoms with Crippen molar-refractivity contribution in [2.24, 2.45) is 5.92 Å². The number of amides is 2. The van der Waals surface area contributed by atoms with Gasteiger partial charge in [-0.25, -0.2) is 0 Å². The molecular formula is C19H41N3O2. The van der Waals surface area contributed by atoms with Crippen LogP contribution in [0.15, 0.2) is 0 Å². The molecule has 0 aromatic heterocycles. The van der Waals surface area contributed by atoms with Gasteiger partial charge in [-0.1, -0.05) is 48.0 Å². The van der Waals surface area contributed by atoms with Gasteiger partial charge in [0.15, 0.2) is 0 Å². The fourth-order valence-electron chi connectivity index (χ4n) is 2.47. The second-order valence-electron chi connectivity index (χ2n) is 6.42. The van der Waals surface area contributed by atoms with Crippen LogP contribution < -0.4 is 5.32 Å². The molecule has 1 unspecified atom stereocenters. The Labute approximate surface area is 150 Å². The molecule has 1 aliphatic heterocycles. The Hall–Kier alpha value is -1.10. The molecule has 1 aliphatic rings. The summed E-state index contributed by atoms with van der Waals surface area (Å²) in [5.41, 5.74) is 0. The van der Waals surface area contributed by atoms with Gasteiger partial charge in [-0.15, -0.1) is 0 Å². The van der Waals surface area contributed by atoms with Crippen molar-refractivity contribution in [2.45, 2.75) is 73.3 Å². The molecule has 144 valence electrons. The molecule has 1 rings (SSSR count). The molecule has 5 nitrogen and oxygen atoms in total. The van der Waals surface area contributed by atoms with Gasteiger partial charge in [-0.2, -0.15) is 0 Å². The van der Waals surface area contributed by atoms with Crippen molar-refractivity contribution >= 4 is 11.8 Å². The lowest BCUT2D eigenvalue weighted by Gasteiger charge is -2.31. The van der Waals surface area contributed by atoms with Gasteiger partial charge in [-0.3, -0.25) is 9.59 Å². The minimum absolute atomic E-state index is 0.0271. The van der Waals surface area contributed by atoms with Gasteiger partial charge < -0.3 is 15.1 Å². The predicted molar refractivity (Wildman–Crippen MR) is 103 cm³/mol. The maximum absolute atomic E-state index is 12.5. The van der Waals surface area contributed by atoms with Crippen LogP contribution in [0.3, 0.4) is 0 Å². The molecule has 1 saturated heterocycles. The molecule has 1 heterocycles. The zero-order valence-electron chi connectivity index (χ0n) is 17.3. The van der Waals surface area contributed by atoms with Crippen molar-refractivity contribution in [3.05, 3.63) is 0 Å². The second-order valence-corrected chi connectivity index (χ2v) is 6.42. The largest absolute Gasteiger partial charge is 0.341 e. The number of nitrogens with zero attached hydrogens (tertiary/aromatic N) is 2. The third kappa shape index (κ3) is 9.91. The van der Waals surface area contributed by atoms with Gasteiger partial charge in [0, 0.05) is 20.1 Å². The summed E-state index contributed by atoms with van der Waals surface area (Å²) in [5.74, 6) is 0.472. The summed E-state index contributed by atoms with van der Waals surface area (Å²) < 4.78 is 0. The van der Waals surface area contributed by atoms with E-state index in [0.717, 1.165) is 32.4 Å². The van der Waals surface area contributed by atoms with Crippen LogP contribution >= 0.6 is 0 Å². The van der Waals surface area contributed by atoms with Gasteiger partial charge in [-0.05, 0) is 32.2 Å². The fraction of sp³-hybridized carbons (Fsp3) is 0.895. The zero-order chi connectivity index (χ0) is 19.1. The van der Waals surface area contributed by atoms with Crippen molar-refractivity contribution in [3.8, 4) is 0 Å². The first-order chi connectivity index (χ1) is 11.4. The fourth-order valence-corrected chi connectivity index (χ4v) is 2.47. The lowest BCUT2D eigenvalue weighted by molar-refractivity contribution is -0.144. The van der Waals surface area contributed by atoms with E-state index in [-0.39, 0.29) is 24.4 Å². The molecule has 0 bridgehead atoms. The topological polar surface area (TPSA) is 52.7 Å². The highest BCUT2D eigenvalue weighted by Crippen LogP contribution is 2.17. The molecule has 0 aromatic carbocycles. The predicted octanol–water partition coefficient (Wildman–Crippen LogP) is 3.14. The molecule has 0 aromatic rings. The summed E-state index contributed by atoms with van der Waals surface area (Å²) in [7, 11) is 3.48. The Bertz CT molecular complexity index is 327. The first kappa shape index (κ1) is 25.1. The first-order valence-electron chi connectivity index (χ1n) is 9.57. The maximum Gasteiger partial charge on any atom is 0.245 e. The summed E-state index contributed by atoms with van der Waals surface area (Å²) in [6.07, 6.45) is 4.13. The number of hydrogen-bond donors (Lipinski definition) is 1. The second kappa shape index (κ2) is 15.4. The molecule has 0 spiro atoms. The van der Waals surface area contributed by atoms with Gasteiger partial charge in [0.1, 0.15) is 6.04 Å². The van der Waals surface area contributed by atoms with Gasteiger partial charge in [0.2, 0.25) is 11.8 Å². The van der Waals surface area contributed by atoms with Crippen LogP contribution in [-0.4, -0.2) is 61.4 Å². The number of likely N-dealkylation sites (N-methyl/N-ethyl adjacent to an activating group) is 2. The number of carbonyl (C=O) groups is 2. The molecule has 0 aliphatic carbocycles. The van der Waals surface area contributed by atoms with Crippen LogP contribution in [0.25, 0.3) is 0 Å². The van der Waals surface area contributed by atoms with E-state index in [1.165, 1.54) is 6.42 Å². The smallest absolute Gasteiger partial charge is 0.245 e. The molecule has 0 saturated carbocycles. The highest BCUT2D eigenvalue weighted by Gasteiger charge is 2.31. The Kier molecular flexibility index (Phi) is 16.2. The van der Waals surface area contributed by atoms with Gasteiger partial charge in [0.05, 0.1) is 6.54 Å². The summed E-state index contributed by atoms with van der Waals surface area (Å²) in [5, 5.41) is 2.85. The summed E-state index contributed by atoms with van der Waals surface area (Å²) in [4.78, 5) is 28.0.